The van der Waals surface area contributed by atoms with Gasteiger partial charge < -0.3 is 19.5 Å². The summed E-state index contributed by atoms with van der Waals surface area (Å²) in [7, 11) is -4.37. The number of aliphatic hydroxyl groups excluding tert-OH is 1. The van der Waals surface area contributed by atoms with Crippen molar-refractivity contribution in [3.63, 3.8) is 0 Å². The van der Waals surface area contributed by atoms with Crippen molar-refractivity contribution >= 4 is 19.8 Å². The van der Waals surface area contributed by atoms with Crippen LogP contribution in [0.5, 0.6) is 0 Å². The number of unbranched alkanes of at least 4 members (excludes halogenated alkanes) is 33. The number of hydrogen-bond acceptors (Lipinski definition) is 8. The van der Waals surface area contributed by atoms with E-state index in [1.165, 1.54) is 154 Å². The average Bonchev–Trinajstić information content (AvgIpc) is 3.19. The van der Waals surface area contributed by atoms with Crippen LogP contribution in [0, 0.1) is 0 Å². The zero-order valence-electron chi connectivity index (χ0n) is 37.5. The number of ether oxygens (including phenoxy) is 2. The van der Waals surface area contributed by atoms with Gasteiger partial charge in [0, 0.05) is 19.4 Å². The molecule has 0 aliphatic rings. The van der Waals surface area contributed by atoms with Gasteiger partial charge in [0.25, 0.3) is 0 Å². The van der Waals surface area contributed by atoms with Crippen molar-refractivity contribution in [2.75, 3.05) is 26.4 Å². The van der Waals surface area contributed by atoms with Crippen LogP contribution in [0.2, 0.25) is 0 Å². The molecule has 2 atom stereocenters. The zero-order chi connectivity index (χ0) is 41.8. The van der Waals surface area contributed by atoms with E-state index in [4.69, 9.17) is 23.6 Å². The van der Waals surface area contributed by atoms with Gasteiger partial charge in [-0.1, -0.05) is 219 Å². The van der Waals surface area contributed by atoms with Gasteiger partial charge in [-0.05, 0) is 25.7 Å². The fourth-order valence-electron chi connectivity index (χ4n) is 7.22. The van der Waals surface area contributed by atoms with E-state index in [-0.39, 0.29) is 32.2 Å². The van der Waals surface area contributed by atoms with Crippen LogP contribution in [-0.2, 0) is 32.7 Å². The third kappa shape index (κ3) is 44.4. The number of phosphoric ester groups is 1. The van der Waals surface area contributed by atoms with Crippen molar-refractivity contribution in [1.29, 1.82) is 0 Å². The zero-order valence-corrected chi connectivity index (χ0v) is 38.4. The largest absolute Gasteiger partial charge is 0.472 e. The van der Waals surface area contributed by atoms with Crippen molar-refractivity contribution in [3.05, 3.63) is 0 Å². The van der Waals surface area contributed by atoms with Gasteiger partial charge in [-0.3, -0.25) is 18.6 Å². The molecule has 0 aliphatic heterocycles. The fourth-order valence-corrected chi connectivity index (χ4v) is 8.00. The first kappa shape index (κ1) is 56.0. The molecule has 2 unspecified atom stereocenters. The van der Waals surface area contributed by atoms with Crippen LogP contribution >= 0.6 is 7.82 Å². The number of rotatable bonds is 47. The summed E-state index contributed by atoms with van der Waals surface area (Å²) in [5.41, 5.74) is 0. The highest BCUT2D eigenvalue weighted by atomic mass is 31.2. The monoisotopic (exact) mass is 833 g/mol. The molecule has 2 N–H and O–H groups in total. The maximum Gasteiger partial charge on any atom is 0.472 e. The molecule has 0 radical (unpaired) electrons. The van der Waals surface area contributed by atoms with Crippen LogP contribution in [0.4, 0.5) is 0 Å². The first-order valence-electron chi connectivity index (χ1n) is 24.4. The quantitative estimate of drug-likeness (QED) is 0.0350. The molecule has 0 bridgehead atoms. The van der Waals surface area contributed by atoms with Gasteiger partial charge in [-0.25, -0.2) is 4.57 Å². The Hall–Kier alpha value is -0.990. The molecule has 0 amide bonds. The topological polar surface area (TPSA) is 129 Å². The summed E-state index contributed by atoms with van der Waals surface area (Å²) in [5.74, 6) is -0.790. The molecule has 10 heteroatoms. The lowest BCUT2D eigenvalue weighted by molar-refractivity contribution is -0.161. The van der Waals surface area contributed by atoms with Crippen LogP contribution in [0.1, 0.15) is 258 Å². The normalized spacial score (nSPS) is 13.1. The number of hydrogen-bond donors (Lipinski definition) is 2. The van der Waals surface area contributed by atoms with Crippen molar-refractivity contribution in [2.45, 2.75) is 264 Å². The molecule has 9 nitrogen and oxygen atoms in total. The van der Waals surface area contributed by atoms with Crippen LogP contribution in [0.15, 0.2) is 0 Å². The Kier molecular flexibility index (Phi) is 43.8. The van der Waals surface area contributed by atoms with E-state index in [1.807, 2.05) is 0 Å². The molecule has 57 heavy (non-hydrogen) atoms. The maximum atomic E-state index is 12.7. The van der Waals surface area contributed by atoms with E-state index in [9.17, 15) is 19.0 Å². The summed E-state index contributed by atoms with van der Waals surface area (Å²) in [4.78, 5) is 35.5. The van der Waals surface area contributed by atoms with E-state index in [2.05, 4.69) is 13.8 Å². The lowest BCUT2D eigenvalue weighted by Gasteiger charge is -2.20. The van der Waals surface area contributed by atoms with Crippen LogP contribution in [0.25, 0.3) is 0 Å². The summed E-state index contributed by atoms with van der Waals surface area (Å²) in [6, 6.07) is 0. The minimum absolute atomic E-state index is 0.0751. The van der Waals surface area contributed by atoms with Gasteiger partial charge in [-0.15, -0.1) is 0 Å². The smallest absolute Gasteiger partial charge is 0.462 e. The number of aliphatic hydroxyl groups is 1. The SMILES string of the molecule is CCCCCCCCCCCCCCCCCC(=O)OCC(COP(=O)(O)OCCCCCCCCO)OC(=O)CCCCCCCCCCCCCCCCC. The van der Waals surface area contributed by atoms with Crippen molar-refractivity contribution in [1.82, 2.24) is 0 Å². The third-order valence-electron chi connectivity index (χ3n) is 10.9. The lowest BCUT2D eigenvalue weighted by atomic mass is 10.0. The molecular weight excluding hydrogens is 739 g/mol. The summed E-state index contributed by atoms with van der Waals surface area (Å²) in [6.45, 7) is 4.17. The van der Waals surface area contributed by atoms with E-state index >= 15 is 0 Å². The van der Waals surface area contributed by atoms with Crippen molar-refractivity contribution in [2.24, 2.45) is 0 Å². The van der Waals surface area contributed by atoms with Crippen LogP contribution in [0.3, 0.4) is 0 Å². The number of phosphoric acid groups is 1. The van der Waals surface area contributed by atoms with Crippen molar-refractivity contribution < 1.29 is 42.7 Å². The van der Waals surface area contributed by atoms with Gasteiger partial charge in [0.05, 0.1) is 13.2 Å². The summed E-state index contributed by atoms with van der Waals surface area (Å²) < 4.78 is 33.9. The van der Waals surface area contributed by atoms with E-state index in [0.29, 0.717) is 19.3 Å². The highest BCUT2D eigenvalue weighted by Crippen LogP contribution is 2.43. The Morgan fingerprint density at radius 1 is 0.439 bits per heavy atom. The Bertz CT molecular complexity index is 902. The summed E-state index contributed by atoms with van der Waals surface area (Å²) in [5, 5.41) is 8.89. The third-order valence-corrected chi connectivity index (χ3v) is 11.9. The maximum absolute atomic E-state index is 12.7. The molecule has 0 heterocycles. The first-order chi connectivity index (χ1) is 27.8. The van der Waals surface area contributed by atoms with E-state index in [0.717, 1.165) is 64.2 Å². The van der Waals surface area contributed by atoms with Gasteiger partial charge in [0.2, 0.25) is 0 Å². The molecule has 0 saturated carbocycles. The molecule has 0 aliphatic carbocycles. The minimum atomic E-state index is -4.37. The molecule has 0 aromatic rings. The Morgan fingerprint density at radius 3 is 1.16 bits per heavy atom. The fraction of sp³-hybridized carbons (Fsp3) is 0.957. The molecule has 0 spiro atoms. The van der Waals surface area contributed by atoms with Gasteiger partial charge >= 0.3 is 19.8 Å². The second kappa shape index (κ2) is 44.6. The molecule has 0 fully saturated rings. The molecule has 0 aromatic carbocycles. The van der Waals surface area contributed by atoms with Crippen LogP contribution < -0.4 is 0 Å². The van der Waals surface area contributed by atoms with Crippen LogP contribution in [-0.4, -0.2) is 54.5 Å². The second-order valence-electron chi connectivity index (χ2n) is 16.6. The highest BCUT2D eigenvalue weighted by molar-refractivity contribution is 7.47. The lowest BCUT2D eigenvalue weighted by Crippen LogP contribution is -2.29. The summed E-state index contributed by atoms with van der Waals surface area (Å²) in [6.07, 6.45) is 42.1. The second-order valence-corrected chi connectivity index (χ2v) is 18.1. The Labute approximate surface area is 351 Å². The van der Waals surface area contributed by atoms with Gasteiger partial charge in [0.1, 0.15) is 6.61 Å². The molecule has 0 saturated heterocycles. The van der Waals surface area contributed by atoms with Crippen molar-refractivity contribution in [3.8, 4) is 0 Å². The molecule has 340 valence electrons. The Morgan fingerprint density at radius 2 is 0.772 bits per heavy atom. The molecule has 0 aromatic heterocycles. The molecule has 0 rings (SSSR count). The Balaban J connectivity index is 4.35. The van der Waals surface area contributed by atoms with Gasteiger partial charge in [0.15, 0.2) is 6.10 Å². The number of carbonyl (C=O) groups is 2. The first-order valence-corrected chi connectivity index (χ1v) is 25.9. The average molecular weight is 833 g/mol. The number of carbonyl (C=O) groups excluding carboxylic acids is 2. The summed E-state index contributed by atoms with van der Waals surface area (Å²) >= 11 is 0. The van der Waals surface area contributed by atoms with Gasteiger partial charge in [-0.2, -0.15) is 0 Å². The highest BCUT2D eigenvalue weighted by Gasteiger charge is 2.26. The molecular formula is C47H93O9P. The standard InChI is InChI=1S/C47H93O9P/c1-3-5-7-9-11-13-15-17-19-21-23-25-27-31-35-39-46(49)53-43-45(44-55-57(51,52)54-42-38-34-30-29-33-37-41-48)56-47(50)40-36-32-28-26-24-22-20-18-16-14-12-10-8-6-4-2/h45,48H,3-44H2,1-2H3,(H,51,52). The number of esters is 2. The predicted molar refractivity (Wildman–Crippen MR) is 236 cm³/mol. The van der Waals surface area contributed by atoms with E-state index < -0.39 is 26.5 Å². The predicted octanol–water partition coefficient (Wildman–Crippen LogP) is 14.4. The van der Waals surface area contributed by atoms with E-state index in [1.54, 1.807) is 0 Å². The minimum Gasteiger partial charge on any atom is -0.462 e.